The smallest absolute Gasteiger partial charge is 0.238 e. The van der Waals surface area contributed by atoms with Crippen LogP contribution in [-0.2, 0) is 4.79 Å². The molecule has 1 amide bonds. The molecule has 0 bridgehead atoms. The molecule has 1 aromatic rings. The van der Waals surface area contributed by atoms with E-state index in [9.17, 15) is 13.6 Å². The molecule has 0 aliphatic carbocycles. The van der Waals surface area contributed by atoms with Crippen LogP contribution in [0.2, 0.25) is 0 Å². The van der Waals surface area contributed by atoms with Gasteiger partial charge in [-0.3, -0.25) is 9.69 Å². The Balaban J connectivity index is 1.94. The van der Waals surface area contributed by atoms with Gasteiger partial charge in [-0.25, -0.2) is 8.78 Å². The number of nitrogens with zero attached hydrogens (tertiary/aromatic N) is 1. The van der Waals surface area contributed by atoms with Gasteiger partial charge in [0.25, 0.3) is 0 Å². The monoisotopic (exact) mass is 283 g/mol. The van der Waals surface area contributed by atoms with Crippen molar-refractivity contribution in [2.45, 2.75) is 25.3 Å². The Labute approximate surface area is 116 Å². The van der Waals surface area contributed by atoms with E-state index in [0.717, 1.165) is 44.0 Å². The fourth-order valence-electron chi connectivity index (χ4n) is 2.55. The van der Waals surface area contributed by atoms with Crippen LogP contribution >= 0.6 is 0 Å². The van der Waals surface area contributed by atoms with E-state index < -0.39 is 11.6 Å². The van der Waals surface area contributed by atoms with Crippen LogP contribution in [0.4, 0.5) is 14.5 Å². The molecule has 0 saturated carbocycles. The van der Waals surface area contributed by atoms with E-state index in [0.29, 0.717) is 6.54 Å². The molecule has 0 radical (unpaired) electrons. The summed E-state index contributed by atoms with van der Waals surface area (Å²) in [4.78, 5) is 13.9. The second-order valence-electron chi connectivity index (χ2n) is 5.06. The molecule has 0 aromatic heterocycles. The molecule has 1 unspecified atom stereocenters. The highest BCUT2D eigenvalue weighted by Crippen LogP contribution is 2.17. The SMILES string of the molecule is NCC1CCCCN1CC(=O)Nc1cc(F)cc(F)c1. The van der Waals surface area contributed by atoms with Gasteiger partial charge in [0.05, 0.1) is 6.54 Å². The number of carbonyl (C=O) groups is 1. The molecule has 1 aliphatic heterocycles. The molecular weight excluding hydrogens is 264 g/mol. The number of hydrogen-bond acceptors (Lipinski definition) is 3. The number of nitrogens with two attached hydrogens (primary N) is 1. The lowest BCUT2D eigenvalue weighted by Crippen LogP contribution is -2.47. The highest BCUT2D eigenvalue weighted by molar-refractivity contribution is 5.92. The van der Waals surface area contributed by atoms with Gasteiger partial charge in [0.15, 0.2) is 0 Å². The first-order valence-corrected chi connectivity index (χ1v) is 6.78. The zero-order valence-corrected chi connectivity index (χ0v) is 11.2. The maximum Gasteiger partial charge on any atom is 0.238 e. The summed E-state index contributed by atoms with van der Waals surface area (Å²) in [5.74, 6) is -1.70. The Morgan fingerprint density at radius 1 is 1.30 bits per heavy atom. The summed E-state index contributed by atoms with van der Waals surface area (Å²) in [5, 5.41) is 2.51. The van der Waals surface area contributed by atoms with Crippen molar-refractivity contribution in [3.8, 4) is 0 Å². The predicted octanol–water partition coefficient (Wildman–Crippen LogP) is 1.72. The number of rotatable bonds is 4. The molecule has 20 heavy (non-hydrogen) atoms. The van der Waals surface area contributed by atoms with Gasteiger partial charge in [-0.1, -0.05) is 6.42 Å². The van der Waals surface area contributed by atoms with Crippen LogP contribution in [0.15, 0.2) is 18.2 Å². The third kappa shape index (κ3) is 3.98. The maximum atomic E-state index is 13.0. The molecule has 1 heterocycles. The minimum atomic E-state index is -0.710. The number of amides is 1. The van der Waals surface area contributed by atoms with Gasteiger partial charge in [0, 0.05) is 24.3 Å². The van der Waals surface area contributed by atoms with Gasteiger partial charge < -0.3 is 11.1 Å². The number of halogens is 2. The van der Waals surface area contributed by atoms with E-state index in [-0.39, 0.29) is 24.2 Å². The topological polar surface area (TPSA) is 58.4 Å². The van der Waals surface area contributed by atoms with Gasteiger partial charge in [-0.2, -0.15) is 0 Å². The van der Waals surface area contributed by atoms with Crippen molar-refractivity contribution in [1.29, 1.82) is 0 Å². The molecule has 1 atom stereocenters. The first-order valence-electron chi connectivity index (χ1n) is 6.78. The molecule has 0 spiro atoms. The molecule has 2 rings (SSSR count). The molecule has 1 aliphatic rings. The first-order chi connectivity index (χ1) is 9.58. The molecule has 110 valence electrons. The first kappa shape index (κ1) is 14.9. The Kier molecular flexibility index (Phi) is 5.03. The molecule has 4 nitrogen and oxygen atoms in total. The Hall–Kier alpha value is -1.53. The normalized spacial score (nSPS) is 19.9. The lowest BCUT2D eigenvalue weighted by molar-refractivity contribution is -0.118. The van der Waals surface area contributed by atoms with Gasteiger partial charge in [0.2, 0.25) is 5.91 Å². The fourth-order valence-corrected chi connectivity index (χ4v) is 2.55. The second-order valence-corrected chi connectivity index (χ2v) is 5.06. The van der Waals surface area contributed by atoms with Gasteiger partial charge >= 0.3 is 0 Å². The van der Waals surface area contributed by atoms with E-state index >= 15 is 0 Å². The van der Waals surface area contributed by atoms with Crippen LogP contribution in [-0.4, -0.2) is 36.5 Å². The van der Waals surface area contributed by atoms with Crippen molar-refractivity contribution in [2.24, 2.45) is 5.73 Å². The number of hydrogen-bond donors (Lipinski definition) is 2. The van der Waals surface area contributed by atoms with Crippen LogP contribution in [0.25, 0.3) is 0 Å². The van der Waals surface area contributed by atoms with Crippen LogP contribution in [0.5, 0.6) is 0 Å². The molecule has 3 N–H and O–H groups in total. The summed E-state index contributed by atoms with van der Waals surface area (Å²) in [5.41, 5.74) is 5.82. The van der Waals surface area contributed by atoms with Crippen LogP contribution in [0.1, 0.15) is 19.3 Å². The van der Waals surface area contributed by atoms with Crippen molar-refractivity contribution in [3.05, 3.63) is 29.8 Å². The van der Waals surface area contributed by atoms with Crippen molar-refractivity contribution in [3.63, 3.8) is 0 Å². The lowest BCUT2D eigenvalue weighted by atomic mass is 10.0. The fraction of sp³-hybridized carbons (Fsp3) is 0.500. The van der Waals surface area contributed by atoms with Crippen molar-refractivity contribution < 1.29 is 13.6 Å². The standard InChI is InChI=1S/C14H19F2N3O/c15-10-5-11(16)7-12(6-10)18-14(20)9-19-4-2-1-3-13(19)8-17/h5-7,13H,1-4,8-9,17H2,(H,18,20). The van der Waals surface area contributed by atoms with E-state index in [1.54, 1.807) is 0 Å². The lowest BCUT2D eigenvalue weighted by Gasteiger charge is -2.34. The number of piperidine rings is 1. The minimum Gasteiger partial charge on any atom is -0.329 e. The Bertz CT molecular complexity index is 461. The quantitative estimate of drug-likeness (QED) is 0.884. The average Bonchev–Trinajstić information content (AvgIpc) is 2.37. The van der Waals surface area contributed by atoms with Gasteiger partial charge in [0.1, 0.15) is 11.6 Å². The average molecular weight is 283 g/mol. The maximum absolute atomic E-state index is 13.0. The number of likely N-dealkylation sites (tertiary alicyclic amines) is 1. The Morgan fingerprint density at radius 3 is 2.65 bits per heavy atom. The van der Waals surface area contributed by atoms with Crippen LogP contribution < -0.4 is 11.1 Å². The molecule has 1 saturated heterocycles. The molecule has 1 fully saturated rings. The number of anilines is 1. The summed E-state index contributed by atoms with van der Waals surface area (Å²) in [7, 11) is 0. The van der Waals surface area contributed by atoms with E-state index in [4.69, 9.17) is 5.73 Å². The Morgan fingerprint density at radius 2 is 2.00 bits per heavy atom. The highest BCUT2D eigenvalue weighted by Gasteiger charge is 2.23. The largest absolute Gasteiger partial charge is 0.329 e. The van der Waals surface area contributed by atoms with Crippen molar-refractivity contribution >= 4 is 11.6 Å². The van der Waals surface area contributed by atoms with E-state index in [1.165, 1.54) is 0 Å². The zero-order valence-electron chi connectivity index (χ0n) is 11.2. The van der Waals surface area contributed by atoms with Crippen LogP contribution in [0.3, 0.4) is 0 Å². The summed E-state index contributed by atoms with van der Waals surface area (Å²) >= 11 is 0. The summed E-state index contributed by atoms with van der Waals surface area (Å²) in [6.07, 6.45) is 3.14. The zero-order chi connectivity index (χ0) is 14.5. The summed E-state index contributed by atoms with van der Waals surface area (Å²) in [6.45, 7) is 1.54. The highest BCUT2D eigenvalue weighted by atomic mass is 19.1. The van der Waals surface area contributed by atoms with E-state index in [2.05, 4.69) is 5.32 Å². The van der Waals surface area contributed by atoms with Crippen molar-refractivity contribution in [1.82, 2.24) is 4.90 Å². The van der Waals surface area contributed by atoms with Crippen LogP contribution in [0, 0.1) is 11.6 Å². The van der Waals surface area contributed by atoms with E-state index in [1.807, 2.05) is 4.90 Å². The van der Waals surface area contributed by atoms with Gasteiger partial charge in [-0.05, 0) is 31.5 Å². The number of carbonyl (C=O) groups excluding carboxylic acids is 1. The predicted molar refractivity (Wildman–Crippen MR) is 73.3 cm³/mol. The van der Waals surface area contributed by atoms with Gasteiger partial charge in [-0.15, -0.1) is 0 Å². The second kappa shape index (κ2) is 6.76. The summed E-state index contributed by atoms with van der Waals surface area (Å²) in [6, 6.07) is 3.17. The summed E-state index contributed by atoms with van der Waals surface area (Å²) < 4.78 is 26.1. The molecule has 6 heteroatoms. The molecular formula is C14H19F2N3O. The molecule has 1 aromatic carbocycles. The number of nitrogens with one attached hydrogen (secondary N) is 1. The van der Waals surface area contributed by atoms with Crippen molar-refractivity contribution in [2.75, 3.05) is 25.0 Å². The third-order valence-electron chi connectivity index (χ3n) is 3.51. The third-order valence-corrected chi connectivity index (χ3v) is 3.51. The number of benzene rings is 1. The minimum absolute atomic E-state index is 0.133.